The minimum absolute atomic E-state index is 0.248. The van der Waals surface area contributed by atoms with Crippen LogP contribution in [0.15, 0.2) is 6.07 Å². The highest BCUT2D eigenvalue weighted by molar-refractivity contribution is 7.84. The predicted molar refractivity (Wildman–Crippen MR) is 77.3 cm³/mol. The van der Waals surface area contributed by atoms with Crippen LogP contribution in [0.4, 0.5) is 17.6 Å². The van der Waals surface area contributed by atoms with Crippen LogP contribution >= 0.6 is 0 Å². The second-order valence-corrected chi connectivity index (χ2v) is 5.54. The Labute approximate surface area is 110 Å². The van der Waals surface area contributed by atoms with Crippen LogP contribution in [0.3, 0.4) is 0 Å². The minimum atomic E-state index is -0.746. The van der Waals surface area contributed by atoms with E-state index < -0.39 is 10.8 Å². The first-order valence-corrected chi connectivity index (χ1v) is 7.77. The van der Waals surface area contributed by atoms with Crippen molar-refractivity contribution in [2.45, 2.75) is 19.8 Å². The lowest BCUT2D eigenvalue weighted by atomic mass is 10.4. The third-order valence-electron chi connectivity index (χ3n) is 2.21. The first-order valence-electron chi connectivity index (χ1n) is 6.04. The van der Waals surface area contributed by atoms with Crippen molar-refractivity contribution < 1.29 is 4.21 Å². The van der Waals surface area contributed by atoms with E-state index in [4.69, 9.17) is 5.73 Å². The Balaban J connectivity index is 2.48. The number of nitrogens with zero attached hydrogens (tertiary/aromatic N) is 2. The number of hydrogen-bond donors (Lipinski definition) is 3. The van der Waals surface area contributed by atoms with E-state index in [1.165, 1.54) is 0 Å². The van der Waals surface area contributed by atoms with Crippen LogP contribution in [0, 0.1) is 0 Å². The summed E-state index contributed by atoms with van der Waals surface area (Å²) < 4.78 is 10.9. The van der Waals surface area contributed by atoms with Gasteiger partial charge in [0.05, 0.1) is 0 Å². The molecule has 1 unspecified atom stereocenters. The molecule has 102 valence electrons. The highest BCUT2D eigenvalue weighted by atomic mass is 32.2. The molecule has 0 spiro atoms. The van der Waals surface area contributed by atoms with Crippen molar-refractivity contribution in [3.8, 4) is 0 Å². The average Bonchev–Trinajstić information content (AvgIpc) is 2.31. The molecule has 0 aliphatic rings. The van der Waals surface area contributed by atoms with E-state index >= 15 is 0 Å². The van der Waals surface area contributed by atoms with Crippen LogP contribution in [0.2, 0.25) is 0 Å². The lowest BCUT2D eigenvalue weighted by molar-refractivity contribution is 0.685. The lowest BCUT2D eigenvalue weighted by Crippen LogP contribution is -2.10. The number of nitrogens with one attached hydrogen (secondary N) is 2. The van der Waals surface area contributed by atoms with Gasteiger partial charge in [0.2, 0.25) is 5.95 Å². The van der Waals surface area contributed by atoms with Gasteiger partial charge in [-0.05, 0) is 12.8 Å². The fraction of sp³-hybridized carbons (Fsp3) is 0.636. The van der Waals surface area contributed by atoms with Gasteiger partial charge in [-0.2, -0.15) is 9.97 Å². The fourth-order valence-corrected chi connectivity index (χ4v) is 1.94. The molecule has 0 aliphatic carbocycles. The zero-order valence-electron chi connectivity index (χ0n) is 10.9. The summed E-state index contributed by atoms with van der Waals surface area (Å²) in [5, 5.41) is 6.32. The molecule has 1 aromatic heterocycles. The van der Waals surface area contributed by atoms with Crippen LogP contribution in [0.5, 0.6) is 0 Å². The van der Waals surface area contributed by atoms with E-state index in [0.29, 0.717) is 11.6 Å². The number of nitrogens with two attached hydrogens (primary N) is 1. The normalized spacial score (nSPS) is 12.1. The summed E-state index contributed by atoms with van der Waals surface area (Å²) in [5.74, 6) is 2.36. The highest BCUT2D eigenvalue weighted by Crippen LogP contribution is 2.12. The summed E-state index contributed by atoms with van der Waals surface area (Å²) in [6.45, 7) is 3.66. The number of anilines is 3. The van der Waals surface area contributed by atoms with Crippen LogP contribution in [-0.2, 0) is 10.8 Å². The summed E-state index contributed by atoms with van der Waals surface area (Å²) >= 11 is 0. The lowest BCUT2D eigenvalue weighted by Gasteiger charge is -2.09. The molecule has 1 heterocycles. The number of nitrogen functional groups attached to an aromatic ring is 1. The molecule has 4 N–H and O–H groups in total. The topological polar surface area (TPSA) is 92.9 Å². The van der Waals surface area contributed by atoms with Gasteiger partial charge in [0.25, 0.3) is 0 Å². The number of rotatable bonds is 8. The van der Waals surface area contributed by atoms with Crippen LogP contribution in [-0.4, -0.2) is 39.3 Å². The molecule has 18 heavy (non-hydrogen) atoms. The third kappa shape index (κ3) is 5.81. The summed E-state index contributed by atoms with van der Waals surface area (Å²) in [7, 11) is -0.746. The molecule has 7 heteroatoms. The first-order chi connectivity index (χ1) is 8.61. The molecule has 1 atom stereocenters. The van der Waals surface area contributed by atoms with E-state index in [0.717, 1.165) is 31.7 Å². The van der Waals surface area contributed by atoms with Crippen molar-refractivity contribution in [3.05, 3.63) is 6.07 Å². The standard InChI is InChI=1S/C11H21N5OS/c1-3-5-13-9-8-10(16-11(12)15-9)14-6-4-7-18(2)17/h8H,3-7H2,1-2H3,(H4,12,13,14,15,16). The van der Waals surface area contributed by atoms with Gasteiger partial charge in [-0.3, -0.25) is 4.21 Å². The largest absolute Gasteiger partial charge is 0.370 e. The molecule has 0 aliphatic heterocycles. The highest BCUT2D eigenvalue weighted by Gasteiger charge is 2.01. The molecule has 0 saturated heterocycles. The monoisotopic (exact) mass is 271 g/mol. The van der Waals surface area contributed by atoms with Crippen molar-refractivity contribution in [2.24, 2.45) is 0 Å². The van der Waals surface area contributed by atoms with Gasteiger partial charge in [-0.1, -0.05) is 6.92 Å². The van der Waals surface area contributed by atoms with E-state index in [9.17, 15) is 4.21 Å². The molecular weight excluding hydrogens is 250 g/mol. The van der Waals surface area contributed by atoms with Crippen molar-refractivity contribution in [3.63, 3.8) is 0 Å². The molecule has 0 amide bonds. The fourth-order valence-electron chi connectivity index (χ4n) is 1.39. The smallest absolute Gasteiger partial charge is 0.223 e. The summed E-state index contributed by atoms with van der Waals surface area (Å²) in [6.07, 6.45) is 3.56. The Morgan fingerprint density at radius 2 is 1.89 bits per heavy atom. The molecule has 1 aromatic rings. The van der Waals surface area contributed by atoms with Gasteiger partial charge in [-0.15, -0.1) is 0 Å². The zero-order chi connectivity index (χ0) is 13.4. The van der Waals surface area contributed by atoms with E-state index in [2.05, 4.69) is 27.5 Å². The van der Waals surface area contributed by atoms with Crippen LogP contribution in [0.25, 0.3) is 0 Å². The second kappa shape index (κ2) is 7.86. The Kier molecular flexibility index (Phi) is 6.42. The van der Waals surface area contributed by atoms with Gasteiger partial charge in [-0.25, -0.2) is 0 Å². The molecule has 1 rings (SSSR count). The quantitative estimate of drug-likeness (QED) is 0.612. The van der Waals surface area contributed by atoms with Crippen molar-refractivity contribution in [1.29, 1.82) is 0 Å². The summed E-state index contributed by atoms with van der Waals surface area (Å²) in [6, 6.07) is 1.83. The molecule has 0 aromatic carbocycles. The Bertz CT molecular complexity index is 399. The van der Waals surface area contributed by atoms with Crippen LogP contribution < -0.4 is 16.4 Å². The molecule has 0 bridgehead atoms. The maximum atomic E-state index is 10.9. The van der Waals surface area contributed by atoms with E-state index in [1.807, 2.05) is 6.07 Å². The molecule has 0 radical (unpaired) electrons. The van der Waals surface area contributed by atoms with Gasteiger partial charge in [0, 0.05) is 42.0 Å². The Hall–Kier alpha value is -1.37. The summed E-state index contributed by atoms with van der Waals surface area (Å²) in [5.41, 5.74) is 5.63. The maximum Gasteiger partial charge on any atom is 0.223 e. The van der Waals surface area contributed by atoms with Gasteiger partial charge in [0.1, 0.15) is 11.6 Å². The van der Waals surface area contributed by atoms with E-state index in [-0.39, 0.29) is 5.95 Å². The Morgan fingerprint density at radius 3 is 2.44 bits per heavy atom. The van der Waals surface area contributed by atoms with E-state index in [1.54, 1.807) is 6.26 Å². The molecular formula is C11H21N5OS. The van der Waals surface area contributed by atoms with Crippen LogP contribution in [0.1, 0.15) is 19.8 Å². The number of aromatic nitrogens is 2. The van der Waals surface area contributed by atoms with Gasteiger partial charge < -0.3 is 16.4 Å². The number of hydrogen-bond acceptors (Lipinski definition) is 6. The molecule has 6 nitrogen and oxygen atoms in total. The second-order valence-electron chi connectivity index (χ2n) is 3.98. The van der Waals surface area contributed by atoms with Gasteiger partial charge >= 0.3 is 0 Å². The SMILES string of the molecule is CCCNc1cc(NCCCS(C)=O)nc(N)n1. The molecule has 0 saturated carbocycles. The van der Waals surface area contributed by atoms with Crippen molar-refractivity contribution >= 4 is 28.4 Å². The van der Waals surface area contributed by atoms with Gasteiger partial charge in [0.15, 0.2) is 0 Å². The third-order valence-corrected chi connectivity index (χ3v) is 3.08. The Morgan fingerprint density at radius 1 is 1.28 bits per heavy atom. The zero-order valence-corrected chi connectivity index (χ0v) is 11.7. The van der Waals surface area contributed by atoms with Crippen molar-refractivity contribution in [1.82, 2.24) is 9.97 Å². The predicted octanol–water partition coefficient (Wildman–Crippen LogP) is 1.06. The minimum Gasteiger partial charge on any atom is -0.370 e. The first kappa shape index (κ1) is 14.7. The average molecular weight is 271 g/mol. The van der Waals surface area contributed by atoms with Crippen molar-refractivity contribution in [2.75, 3.05) is 41.5 Å². The molecule has 0 fully saturated rings. The summed E-state index contributed by atoms with van der Waals surface area (Å²) in [4.78, 5) is 8.19. The maximum absolute atomic E-state index is 10.9.